The summed E-state index contributed by atoms with van der Waals surface area (Å²) < 4.78 is 5.22. The van der Waals surface area contributed by atoms with Crippen molar-refractivity contribution in [3.63, 3.8) is 0 Å². The SMILES string of the molecule is C=CC(C)=NC1CCOCC1. The first-order valence-electron chi connectivity index (χ1n) is 4.07. The average molecular weight is 153 g/mol. The van der Waals surface area contributed by atoms with Crippen molar-refractivity contribution in [1.29, 1.82) is 0 Å². The Balaban J connectivity index is 2.40. The van der Waals surface area contributed by atoms with Crippen LogP contribution in [0.1, 0.15) is 19.8 Å². The van der Waals surface area contributed by atoms with Crippen molar-refractivity contribution in [3.8, 4) is 0 Å². The molecule has 0 aromatic rings. The molecule has 0 aliphatic carbocycles. The van der Waals surface area contributed by atoms with Crippen molar-refractivity contribution >= 4 is 5.71 Å². The number of hydrogen-bond donors (Lipinski definition) is 0. The van der Waals surface area contributed by atoms with E-state index in [0.29, 0.717) is 6.04 Å². The fourth-order valence-corrected chi connectivity index (χ4v) is 1.15. The average Bonchev–Trinajstić information content (AvgIpc) is 2.06. The lowest BCUT2D eigenvalue weighted by Gasteiger charge is -2.18. The van der Waals surface area contributed by atoms with Crippen LogP contribution in [0.25, 0.3) is 0 Å². The summed E-state index contributed by atoms with van der Waals surface area (Å²) in [7, 11) is 0. The Morgan fingerprint density at radius 2 is 2.18 bits per heavy atom. The van der Waals surface area contributed by atoms with Gasteiger partial charge in [0.15, 0.2) is 0 Å². The second-order valence-corrected chi connectivity index (χ2v) is 2.82. The van der Waals surface area contributed by atoms with Crippen molar-refractivity contribution < 1.29 is 4.74 Å². The highest BCUT2D eigenvalue weighted by Gasteiger charge is 2.11. The molecule has 1 fully saturated rings. The predicted molar refractivity (Wildman–Crippen MR) is 47.1 cm³/mol. The van der Waals surface area contributed by atoms with Gasteiger partial charge in [0.25, 0.3) is 0 Å². The summed E-state index contributed by atoms with van der Waals surface area (Å²) in [4.78, 5) is 4.47. The maximum atomic E-state index is 5.22. The molecule has 0 radical (unpaired) electrons. The van der Waals surface area contributed by atoms with E-state index in [0.717, 1.165) is 31.8 Å². The van der Waals surface area contributed by atoms with Gasteiger partial charge in [-0.15, -0.1) is 0 Å². The van der Waals surface area contributed by atoms with Gasteiger partial charge >= 0.3 is 0 Å². The standard InChI is InChI=1S/C9H15NO/c1-3-8(2)10-9-4-6-11-7-5-9/h3,9H,1,4-7H2,2H3. The Labute approximate surface area is 68.0 Å². The molecule has 2 nitrogen and oxygen atoms in total. The minimum absolute atomic E-state index is 0.474. The first-order valence-corrected chi connectivity index (χ1v) is 4.07. The number of rotatable bonds is 2. The van der Waals surface area contributed by atoms with E-state index in [-0.39, 0.29) is 0 Å². The Hall–Kier alpha value is -0.630. The minimum atomic E-state index is 0.474. The number of ether oxygens (including phenoxy) is 1. The Morgan fingerprint density at radius 1 is 1.55 bits per heavy atom. The molecule has 2 heteroatoms. The van der Waals surface area contributed by atoms with Crippen LogP contribution < -0.4 is 0 Å². The molecule has 1 aliphatic rings. The fraction of sp³-hybridized carbons (Fsp3) is 0.667. The topological polar surface area (TPSA) is 21.6 Å². The number of hydrogen-bond acceptors (Lipinski definition) is 2. The minimum Gasteiger partial charge on any atom is -0.381 e. The molecule has 1 aliphatic heterocycles. The van der Waals surface area contributed by atoms with E-state index in [1.54, 1.807) is 6.08 Å². The molecule has 0 atom stereocenters. The van der Waals surface area contributed by atoms with Crippen LogP contribution in [0.2, 0.25) is 0 Å². The van der Waals surface area contributed by atoms with Gasteiger partial charge < -0.3 is 4.74 Å². The van der Waals surface area contributed by atoms with Crippen LogP contribution in [0.4, 0.5) is 0 Å². The molecule has 0 bridgehead atoms. The van der Waals surface area contributed by atoms with Gasteiger partial charge in [-0.25, -0.2) is 0 Å². The molecular formula is C9H15NO. The summed E-state index contributed by atoms with van der Waals surface area (Å²) in [5.74, 6) is 0. The zero-order chi connectivity index (χ0) is 8.10. The summed E-state index contributed by atoms with van der Waals surface area (Å²) >= 11 is 0. The number of aliphatic imine (C=N–C) groups is 1. The van der Waals surface area contributed by atoms with Crippen molar-refractivity contribution in [2.45, 2.75) is 25.8 Å². The lowest BCUT2D eigenvalue weighted by Crippen LogP contribution is -2.19. The molecule has 1 heterocycles. The highest BCUT2D eigenvalue weighted by atomic mass is 16.5. The van der Waals surface area contributed by atoms with Crippen molar-refractivity contribution in [1.82, 2.24) is 0 Å². The van der Waals surface area contributed by atoms with Crippen LogP contribution in [0.5, 0.6) is 0 Å². The van der Waals surface area contributed by atoms with Gasteiger partial charge in [-0.1, -0.05) is 6.58 Å². The first-order chi connectivity index (χ1) is 5.33. The van der Waals surface area contributed by atoms with E-state index in [9.17, 15) is 0 Å². The number of nitrogens with zero attached hydrogens (tertiary/aromatic N) is 1. The molecule has 1 saturated heterocycles. The summed E-state index contributed by atoms with van der Waals surface area (Å²) in [6.07, 6.45) is 3.92. The molecule has 1 rings (SSSR count). The van der Waals surface area contributed by atoms with Crippen molar-refractivity contribution in [2.24, 2.45) is 4.99 Å². The summed E-state index contributed by atoms with van der Waals surface area (Å²) in [5, 5.41) is 0. The van der Waals surface area contributed by atoms with Crippen LogP contribution in [0.15, 0.2) is 17.6 Å². The molecule has 0 aromatic heterocycles. The number of allylic oxidation sites excluding steroid dienone is 1. The molecule has 0 spiro atoms. The molecule has 0 amide bonds. The predicted octanol–water partition coefficient (Wildman–Crippen LogP) is 1.81. The fourth-order valence-electron chi connectivity index (χ4n) is 1.15. The lowest BCUT2D eigenvalue weighted by molar-refractivity contribution is 0.0871. The summed E-state index contributed by atoms with van der Waals surface area (Å²) in [6, 6.07) is 0.474. The molecule has 0 unspecified atom stereocenters. The summed E-state index contributed by atoms with van der Waals surface area (Å²) in [5.41, 5.74) is 1.04. The third-order valence-corrected chi connectivity index (χ3v) is 1.87. The molecule has 62 valence electrons. The van der Waals surface area contributed by atoms with Crippen molar-refractivity contribution in [3.05, 3.63) is 12.7 Å². The van der Waals surface area contributed by atoms with E-state index >= 15 is 0 Å². The van der Waals surface area contributed by atoms with Crippen LogP contribution in [-0.4, -0.2) is 25.0 Å². The van der Waals surface area contributed by atoms with Crippen LogP contribution in [0.3, 0.4) is 0 Å². The quantitative estimate of drug-likeness (QED) is 0.554. The zero-order valence-corrected chi connectivity index (χ0v) is 7.05. The molecular weight excluding hydrogens is 138 g/mol. The van der Waals surface area contributed by atoms with E-state index in [2.05, 4.69) is 11.6 Å². The Bertz CT molecular complexity index is 157. The maximum Gasteiger partial charge on any atom is 0.0546 e. The van der Waals surface area contributed by atoms with Crippen LogP contribution in [-0.2, 0) is 4.74 Å². The van der Waals surface area contributed by atoms with Gasteiger partial charge in [-0.05, 0) is 25.8 Å². The molecule has 0 aromatic carbocycles. The summed E-state index contributed by atoms with van der Waals surface area (Å²) in [6.45, 7) is 7.37. The Morgan fingerprint density at radius 3 is 2.73 bits per heavy atom. The van der Waals surface area contributed by atoms with Gasteiger partial charge in [-0.2, -0.15) is 0 Å². The van der Waals surface area contributed by atoms with Gasteiger partial charge in [0.05, 0.1) is 6.04 Å². The van der Waals surface area contributed by atoms with Gasteiger partial charge in [-0.3, -0.25) is 4.99 Å². The monoisotopic (exact) mass is 153 g/mol. The van der Waals surface area contributed by atoms with Gasteiger partial charge in [0.2, 0.25) is 0 Å². The third kappa shape index (κ3) is 2.85. The maximum absolute atomic E-state index is 5.22. The van der Waals surface area contributed by atoms with E-state index < -0.39 is 0 Å². The van der Waals surface area contributed by atoms with Crippen LogP contribution in [0, 0.1) is 0 Å². The largest absolute Gasteiger partial charge is 0.381 e. The van der Waals surface area contributed by atoms with Gasteiger partial charge in [0, 0.05) is 18.9 Å². The highest BCUT2D eigenvalue weighted by molar-refractivity contribution is 5.92. The lowest BCUT2D eigenvalue weighted by atomic mass is 10.1. The van der Waals surface area contributed by atoms with E-state index in [1.807, 2.05) is 6.92 Å². The molecule has 0 N–H and O–H groups in total. The smallest absolute Gasteiger partial charge is 0.0546 e. The van der Waals surface area contributed by atoms with E-state index in [4.69, 9.17) is 4.74 Å². The second-order valence-electron chi connectivity index (χ2n) is 2.82. The third-order valence-electron chi connectivity index (χ3n) is 1.87. The zero-order valence-electron chi connectivity index (χ0n) is 7.05. The molecule has 0 saturated carbocycles. The molecule has 11 heavy (non-hydrogen) atoms. The second kappa shape index (κ2) is 4.29. The Kier molecular flexibility index (Phi) is 3.30. The highest BCUT2D eigenvalue weighted by Crippen LogP contribution is 2.10. The normalized spacial score (nSPS) is 21.7. The van der Waals surface area contributed by atoms with Crippen LogP contribution >= 0.6 is 0 Å². The van der Waals surface area contributed by atoms with E-state index in [1.165, 1.54) is 0 Å². The first kappa shape index (κ1) is 8.47. The van der Waals surface area contributed by atoms with Crippen molar-refractivity contribution in [2.75, 3.05) is 13.2 Å². The van der Waals surface area contributed by atoms with Gasteiger partial charge in [0.1, 0.15) is 0 Å².